The summed E-state index contributed by atoms with van der Waals surface area (Å²) in [5.41, 5.74) is -1.63. The zero-order chi connectivity index (χ0) is 22.6. The third kappa shape index (κ3) is 5.59. The third-order valence-corrected chi connectivity index (χ3v) is 11.1. The number of rotatable bonds is 7. The predicted molar refractivity (Wildman–Crippen MR) is 135 cm³/mol. The quantitative estimate of drug-likeness (QED) is 0.415. The van der Waals surface area contributed by atoms with E-state index in [4.69, 9.17) is 0 Å². The summed E-state index contributed by atoms with van der Waals surface area (Å²) >= 11 is 0. The summed E-state index contributed by atoms with van der Waals surface area (Å²) in [6, 6.07) is 0. The molecule has 0 bridgehead atoms. The maximum atomic E-state index is 11.6. The van der Waals surface area contributed by atoms with E-state index in [2.05, 4.69) is 13.8 Å². The van der Waals surface area contributed by atoms with Crippen molar-refractivity contribution in [3.63, 3.8) is 0 Å². The van der Waals surface area contributed by atoms with Crippen molar-refractivity contribution >= 4 is 0 Å². The van der Waals surface area contributed by atoms with Crippen LogP contribution >= 0.6 is 0 Å². The molecule has 0 aliphatic heterocycles. The van der Waals surface area contributed by atoms with Crippen molar-refractivity contribution in [1.29, 1.82) is 0 Å². The van der Waals surface area contributed by atoms with Crippen LogP contribution in [0.4, 0.5) is 0 Å². The standard InChI is InChI=1S/C30H54O2/c1-3-5-23-7-11-25(12-8-23)27-15-19-29(31,20-16-27)30(32)21-17-28(18-22-30)26-13-9-24(6-4-2)10-14-26/h23-28,31-32H,3-22H2,1-2H3. The minimum atomic E-state index is -0.813. The molecule has 0 unspecified atom stereocenters. The van der Waals surface area contributed by atoms with E-state index in [9.17, 15) is 10.2 Å². The Hall–Kier alpha value is -0.0800. The molecule has 4 aliphatic rings. The van der Waals surface area contributed by atoms with Crippen LogP contribution in [0.25, 0.3) is 0 Å². The molecule has 0 aromatic rings. The Labute approximate surface area is 199 Å². The van der Waals surface area contributed by atoms with E-state index >= 15 is 0 Å². The van der Waals surface area contributed by atoms with Crippen molar-refractivity contribution in [3.05, 3.63) is 0 Å². The molecule has 2 N–H and O–H groups in total. The van der Waals surface area contributed by atoms with Crippen LogP contribution in [0.15, 0.2) is 0 Å². The molecule has 0 radical (unpaired) electrons. The van der Waals surface area contributed by atoms with Gasteiger partial charge in [0.05, 0.1) is 11.2 Å². The summed E-state index contributed by atoms with van der Waals surface area (Å²) in [5.74, 6) is 5.35. The summed E-state index contributed by atoms with van der Waals surface area (Å²) in [6.07, 6.45) is 24.9. The zero-order valence-corrected chi connectivity index (χ0v) is 21.5. The molecule has 4 saturated carbocycles. The van der Waals surface area contributed by atoms with Gasteiger partial charge in [0, 0.05) is 0 Å². The lowest BCUT2D eigenvalue weighted by Gasteiger charge is -2.52. The molecule has 32 heavy (non-hydrogen) atoms. The fraction of sp³-hybridized carbons (Fsp3) is 1.00. The van der Waals surface area contributed by atoms with Gasteiger partial charge >= 0.3 is 0 Å². The second kappa shape index (κ2) is 11.1. The molecule has 0 amide bonds. The maximum absolute atomic E-state index is 11.6. The van der Waals surface area contributed by atoms with Crippen LogP contribution in [0.5, 0.6) is 0 Å². The molecular weight excluding hydrogens is 392 g/mol. The summed E-state index contributed by atoms with van der Waals surface area (Å²) in [6.45, 7) is 4.65. The highest BCUT2D eigenvalue weighted by atomic mass is 16.4. The van der Waals surface area contributed by atoms with E-state index in [1.807, 2.05) is 0 Å². The lowest BCUT2D eigenvalue weighted by Crippen LogP contribution is -2.58. The molecule has 0 heterocycles. The molecule has 186 valence electrons. The number of hydrogen-bond acceptors (Lipinski definition) is 2. The monoisotopic (exact) mass is 446 g/mol. The first kappa shape index (κ1) is 25.0. The Balaban J connectivity index is 1.22. The molecule has 0 atom stereocenters. The van der Waals surface area contributed by atoms with Gasteiger partial charge in [-0.15, -0.1) is 0 Å². The number of aliphatic hydroxyl groups is 2. The molecule has 2 nitrogen and oxygen atoms in total. The van der Waals surface area contributed by atoms with Gasteiger partial charge in [-0.2, -0.15) is 0 Å². The van der Waals surface area contributed by atoms with Crippen molar-refractivity contribution in [1.82, 2.24) is 0 Å². The summed E-state index contributed by atoms with van der Waals surface area (Å²) in [7, 11) is 0. The van der Waals surface area contributed by atoms with E-state index in [-0.39, 0.29) is 0 Å². The van der Waals surface area contributed by atoms with Crippen LogP contribution in [-0.4, -0.2) is 21.4 Å². The lowest BCUT2D eigenvalue weighted by molar-refractivity contribution is -0.194. The smallest absolute Gasteiger partial charge is 0.0933 e. The van der Waals surface area contributed by atoms with Crippen molar-refractivity contribution in [3.8, 4) is 0 Å². The average Bonchev–Trinajstić information content (AvgIpc) is 2.82. The Bertz CT molecular complexity index is 489. The molecule has 4 aliphatic carbocycles. The third-order valence-electron chi connectivity index (χ3n) is 11.1. The molecule has 0 aromatic carbocycles. The van der Waals surface area contributed by atoms with Crippen molar-refractivity contribution in [2.45, 2.75) is 153 Å². The largest absolute Gasteiger partial charge is 0.387 e. The topological polar surface area (TPSA) is 40.5 Å². The van der Waals surface area contributed by atoms with Gasteiger partial charge in [0.15, 0.2) is 0 Å². The van der Waals surface area contributed by atoms with E-state index < -0.39 is 11.2 Å². The van der Waals surface area contributed by atoms with Gasteiger partial charge in [-0.1, -0.05) is 65.2 Å². The highest BCUT2D eigenvalue weighted by Gasteiger charge is 2.52. The van der Waals surface area contributed by atoms with Crippen molar-refractivity contribution in [2.24, 2.45) is 35.5 Å². The van der Waals surface area contributed by atoms with Crippen molar-refractivity contribution < 1.29 is 10.2 Å². The molecule has 2 heteroatoms. The Kier molecular flexibility index (Phi) is 8.69. The van der Waals surface area contributed by atoms with Gasteiger partial charge in [-0.25, -0.2) is 0 Å². The van der Waals surface area contributed by atoms with Gasteiger partial charge in [-0.3, -0.25) is 0 Å². The van der Waals surface area contributed by atoms with Crippen LogP contribution in [0, 0.1) is 35.5 Å². The van der Waals surface area contributed by atoms with Crippen LogP contribution in [0.1, 0.15) is 142 Å². The second-order valence-corrected chi connectivity index (χ2v) is 12.9. The normalized spacial score (nSPS) is 46.1. The van der Waals surface area contributed by atoms with Crippen molar-refractivity contribution in [2.75, 3.05) is 0 Å². The molecular formula is C30H54O2. The van der Waals surface area contributed by atoms with Gasteiger partial charge < -0.3 is 10.2 Å². The number of hydrogen-bond donors (Lipinski definition) is 2. The van der Waals surface area contributed by atoms with Gasteiger partial charge in [0.25, 0.3) is 0 Å². The first-order valence-corrected chi connectivity index (χ1v) is 14.9. The first-order chi connectivity index (χ1) is 15.5. The highest BCUT2D eigenvalue weighted by molar-refractivity contribution is 5.05. The molecule has 4 rings (SSSR count). The van der Waals surface area contributed by atoms with Crippen LogP contribution < -0.4 is 0 Å². The highest BCUT2D eigenvalue weighted by Crippen LogP contribution is 2.52. The van der Waals surface area contributed by atoms with Gasteiger partial charge in [0.2, 0.25) is 0 Å². The van der Waals surface area contributed by atoms with Crippen LogP contribution in [-0.2, 0) is 0 Å². The van der Waals surface area contributed by atoms with Gasteiger partial charge in [-0.05, 0) is 113 Å². The molecule has 0 saturated heterocycles. The van der Waals surface area contributed by atoms with Crippen LogP contribution in [0.3, 0.4) is 0 Å². The molecule has 0 spiro atoms. The fourth-order valence-corrected chi connectivity index (χ4v) is 8.82. The molecule has 4 fully saturated rings. The fourth-order valence-electron chi connectivity index (χ4n) is 8.82. The SMILES string of the molecule is CCCC1CCC(C2CCC(O)(C3(O)CCC(C4CCC(CCC)CC4)CC3)CC2)CC1. The van der Waals surface area contributed by atoms with E-state index in [1.54, 1.807) is 0 Å². The summed E-state index contributed by atoms with van der Waals surface area (Å²) in [4.78, 5) is 0. The van der Waals surface area contributed by atoms with Gasteiger partial charge in [0.1, 0.15) is 0 Å². The lowest BCUT2D eigenvalue weighted by atomic mass is 9.59. The van der Waals surface area contributed by atoms with E-state index in [1.165, 1.54) is 77.0 Å². The minimum absolute atomic E-state index is 0.802. The summed E-state index contributed by atoms with van der Waals surface area (Å²) < 4.78 is 0. The molecule has 0 aromatic heterocycles. The maximum Gasteiger partial charge on any atom is 0.0933 e. The predicted octanol–water partition coefficient (Wildman–Crippen LogP) is 8.04. The Morgan fingerprint density at radius 1 is 0.469 bits per heavy atom. The van der Waals surface area contributed by atoms with E-state index in [0.717, 1.165) is 86.9 Å². The van der Waals surface area contributed by atoms with E-state index in [0.29, 0.717) is 0 Å². The second-order valence-electron chi connectivity index (χ2n) is 12.9. The van der Waals surface area contributed by atoms with Crippen LogP contribution in [0.2, 0.25) is 0 Å². The Morgan fingerprint density at radius 3 is 1.03 bits per heavy atom. The minimum Gasteiger partial charge on any atom is -0.387 e. The first-order valence-electron chi connectivity index (χ1n) is 14.9. The average molecular weight is 447 g/mol. The summed E-state index contributed by atoms with van der Waals surface area (Å²) in [5, 5.41) is 23.2. The Morgan fingerprint density at radius 2 is 0.750 bits per heavy atom. The zero-order valence-electron chi connectivity index (χ0n) is 21.5.